The summed E-state index contributed by atoms with van der Waals surface area (Å²) in [4.78, 5) is 29.5. The molecule has 0 aliphatic carbocycles. The van der Waals surface area contributed by atoms with Crippen molar-refractivity contribution < 1.29 is 14.7 Å². The minimum atomic E-state index is -0.309. The predicted octanol–water partition coefficient (Wildman–Crippen LogP) is 2.94. The average Bonchev–Trinajstić information content (AvgIpc) is 3.22. The lowest BCUT2D eigenvalue weighted by atomic mass is 10.1. The van der Waals surface area contributed by atoms with Crippen molar-refractivity contribution in [3.8, 4) is 6.07 Å². The van der Waals surface area contributed by atoms with Crippen LogP contribution in [0.5, 0.6) is 0 Å². The number of nitrogens with zero attached hydrogens (tertiary/aromatic N) is 4. The van der Waals surface area contributed by atoms with Crippen molar-refractivity contribution >= 4 is 34.5 Å². The van der Waals surface area contributed by atoms with Crippen molar-refractivity contribution in [3.05, 3.63) is 82.8 Å². The van der Waals surface area contributed by atoms with Crippen molar-refractivity contribution in [2.75, 3.05) is 23.8 Å². The molecule has 0 spiro atoms. The number of nitrogens with one attached hydrogen (secondary N) is 3. The minimum absolute atomic E-state index is 0.151. The number of fused-ring (bicyclic) bond motifs is 1. The SMILES string of the molecule is Cc1ccc(NC(=O)c2ccc(C#N)cc2)cc1Nc1ncnn2cc(C(=O)NCCO)c(C)c12. The van der Waals surface area contributed by atoms with Gasteiger partial charge in [-0.15, -0.1) is 0 Å². The predicted molar refractivity (Wildman–Crippen MR) is 131 cm³/mol. The number of nitriles is 1. The molecule has 4 aromatic rings. The Kier molecular flexibility index (Phi) is 6.71. The van der Waals surface area contributed by atoms with E-state index in [0.717, 1.165) is 11.3 Å². The third kappa shape index (κ3) is 4.95. The second-order valence-corrected chi connectivity index (χ2v) is 7.85. The van der Waals surface area contributed by atoms with E-state index in [9.17, 15) is 9.59 Å². The highest BCUT2D eigenvalue weighted by Gasteiger charge is 2.18. The van der Waals surface area contributed by atoms with Gasteiger partial charge in [0.05, 0.1) is 23.8 Å². The maximum Gasteiger partial charge on any atom is 0.255 e. The molecular formula is C25H23N7O3. The van der Waals surface area contributed by atoms with Gasteiger partial charge in [0.25, 0.3) is 11.8 Å². The van der Waals surface area contributed by atoms with Crippen LogP contribution < -0.4 is 16.0 Å². The van der Waals surface area contributed by atoms with E-state index in [1.54, 1.807) is 54.0 Å². The summed E-state index contributed by atoms with van der Waals surface area (Å²) in [6.45, 7) is 3.73. The van der Waals surface area contributed by atoms with Crippen LogP contribution in [0.1, 0.15) is 37.4 Å². The monoisotopic (exact) mass is 469 g/mol. The summed E-state index contributed by atoms with van der Waals surface area (Å²) < 4.78 is 1.57. The Morgan fingerprint density at radius 2 is 1.89 bits per heavy atom. The first-order valence-electron chi connectivity index (χ1n) is 10.8. The number of carbonyl (C=O) groups is 2. The number of aliphatic hydroxyl groups excluding tert-OH is 1. The zero-order valence-corrected chi connectivity index (χ0v) is 19.2. The van der Waals surface area contributed by atoms with Gasteiger partial charge in [-0.05, 0) is 61.4 Å². The summed E-state index contributed by atoms with van der Waals surface area (Å²) in [5.74, 6) is -0.108. The zero-order valence-electron chi connectivity index (χ0n) is 19.2. The Morgan fingerprint density at radius 1 is 1.11 bits per heavy atom. The molecule has 0 bridgehead atoms. The van der Waals surface area contributed by atoms with Gasteiger partial charge >= 0.3 is 0 Å². The van der Waals surface area contributed by atoms with Crippen LogP contribution in [0.2, 0.25) is 0 Å². The number of aromatic nitrogens is 3. The fourth-order valence-corrected chi connectivity index (χ4v) is 3.61. The van der Waals surface area contributed by atoms with Crippen molar-refractivity contribution in [3.63, 3.8) is 0 Å². The Bertz CT molecular complexity index is 1450. The quantitative estimate of drug-likeness (QED) is 0.326. The van der Waals surface area contributed by atoms with E-state index in [1.165, 1.54) is 6.33 Å². The van der Waals surface area contributed by atoms with Crippen LogP contribution in [0.3, 0.4) is 0 Å². The van der Waals surface area contributed by atoms with Gasteiger partial charge in [-0.1, -0.05) is 6.07 Å². The molecule has 2 amide bonds. The lowest BCUT2D eigenvalue weighted by molar-refractivity contribution is 0.0943. The number of rotatable bonds is 7. The largest absolute Gasteiger partial charge is 0.395 e. The number of amides is 2. The van der Waals surface area contributed by atoms with E-state index < -0.39 is 0 Å². The summed E-state index contributed by atoms with van der Waals surface area (Å²) in [5, 5.41) is 30.9. The fraction of sp³-hybridized carbons (Fsp3) is 0.160. The summed E-state index contributed by atoms with van der Waals surface area (Å²) in [5.41, 5.74) is 4.88. The van der Waals surface area contributed by atoms with Crippen molar-refractivity contribution in [2.24, 2.45) is 0 Å². The summed E-state index contributed by atoms with van der Waals surface area (Å²) in [6.07, 6.45) is 3.00. The summed E-state index contributed by atoms with van der Waals surface area (Å²) in [6, 6.07) is 13.9. The third-order valence-corrected chi connectivity index (χ3v) is 5.49. The Hall–Kier alpha value is -4.75. The highest BCUT2D eigenvalue weighted by Crippen LogP contribution is 2.28. The Labute approximate surface area is 201 Å². The van der Waals surface area contributed by atoms with Gasteiger partial charge in [0, 0.05) is 29.7 Å². The molecule has 2 heterocycles. The van der Waals surface area contributed by atoms with Gasteiger partial charge in [-0.2, -0.15) is 10.4 Å². The molecule has 0 fully saturated rings. The van der Waals surface area contributed by atoms with Crippen LogP contribution in [-0.4, -0.2) is 44.7 Å². The van der Waals surface area contributed by atoms with E-state index in [1.807, 2.05) is 19.1 Å². The molecule has 4 rings (SSSR count). The Morgan fingerprint density at radius 3 is 2.60 bits per heavy atom. The van der Waals surface area contributed by atoms with Crippen LogP contribution >= 0.6 is 0 Å². The number of hydrogen-bond acceptors (Lipinski definition) is 7. The number of aliphatic hydroxyl groups is 1. The number of aryl methyl sites for hydroxylation is 2. The molecular weight excluding hydrogens is 446 g/mol. The normalized spacial score (nSPS) is 10.6. The third-order valence-electron chi connectivity index (χ3n) is 5.49. The summed E-state index contributed by atoms with van der Waals surface area (Å²) in [7, 11) is 0. The van der Waals surface area contributed by atoms with Crippen molar-refractivity contribution in [1.29, 1.82) is 5.26 Å². The molecule has 0 saturated heterocycles. The molecule has 2 aromatic heterocycles. The molecule has 2 aromatic carbocycles. The molecule has 35 heavy (non-hydrogen) atoms. The highest BCUT2D eigenvalue weighted by atomic mass is 16.3. The first-order chi connectivity index (χ1) is 16.9. The molecule has 4 N–H and O–H groups in total. The second-order valence-electron chi connectivity index (χ2n) is 7.85. The number of anilines is 3. The van der Waals surface area contributed by atoms with E-state index >= 15 is 0 Å². The van der Waals surface area contributed by atoms with E-state index in [-0.39, 0.29) is 25.0 Å². The summed E-state index contributed by atoms with van der Waals surface area (Å²) >= 11 is 0. The molecule has 0 saturated carbocycles. The molecule has 10 heteroatoms. The second kappa shape index (κ2) is 10.0. The standard InChI is InChI=1S/C25H23N7O3/c1-15-3-8-19(30-24(34)18-6-4-17(12-26)5-7-18)11-21(15)31-23-22-16(2)20(25(35)27-9-10-33)13-32(22)29-14-28-23/h3-8,11,13-14,33H,9-10H2,1-2H3,(H,27,35)(H,30,34)(H,28,29,31). The average molecular weight is 470 g/mol. The van der Waals surface area contributed by atoms with Crippen LogP contribution in [0.25, 0.3) is 5.52 Å². The molecule has 0 unspecified atom stereocenters. The van der Waals surface area contributed by atoms with Gasteiger partial charge in [0.1, 0.15) is 11.8 Å². The maximum absolute atomic E-state index is 12.6. The van der Waals surface area contributed by atoms with E-state index in [2.05, 4.69) is 26.0 Å². The van der Waals surface area contributed by atoms with Gasteiger partial charge in [-0.3, -0.25) is 9.59 Å². The smallest absolute Gasteiger partial charge is 0.255 e. The topological polar surface area (TPSA) is 144 Å². The van der Waals surface area contributed by atoms with Gasteiger partial charge in [-0.25, -0.2) is 9.50 Å². The number of carbonyl (C=O) groups excluding carboxylic acids is 2. The van der Waals surface area contributed by atoms with Crippen LogP contribution in [0.15, 0.2) is 55.0 Å². The van der Waals surface area contributed by atoms with Gasteiger partial charge in [0.2, 0.25) is 0 Å². The minimum Gasteiger partial charge on any atom is -0.395 e. The first-order valence-corrected chi connectivity index (χ1v) is 10.8. The fourth-order valence-electron chi connectivity index (χ4n) is 3.61. The lowest BCUT2D eigenvalue weighted by Gasteiger charge is -2.13. The molecule has 0 atom stereocenters. The van der Waals surface area contributed by atoms with Crippen LogP contribution in [0.4, 0.5) is 17.2 Å². The maximum atomic E-state index is 12.6. The van der Waals surface area contributed by atoms with Crippen molar-refractivity contribution in [2.45, 2.75) is 13.8 Å². The van der Waals surface area contributed by atoms with Gasteiger partial charge in [0.15, 0.2) is 5.82 Å². The molecule has 0 radical (unpaired) electrons. The molecule has 0 aliphatic heterocycles. The van der Waals surface area contributed by atoms with Gasteiger partial charge < -0.3 is 21.1 Å². The highest BCUT2D eigenvalue weighted by molar-refractivity contribution is 6.04. The first kappa shape index (κ1) is 23.4. The zero-order chi connectivity index (χ0) is 24.9. The molecule has 0 aliphatic rings. The van der Waals surface area contributed by atoms with Crippen molar-refractivity contribution in [1.82, 2.24) is 19.9 Å². The van der Waals surface area contributed by atoms with E-state index in [0.29, 0.717) is 39.3 Å². The molecule has 176 valence electrons. The molecule has 10 nitrogen and oxygen atoms in total. The van der Waals surface area contributed by atoms with Crippen LogP contribution in [-0.2, 0) is 0 Å². The lowest BCUT2D eigenvalue weighted by Crippen LogP contribution is -2.26. The number of hydrogen-bond donors (Lipinski definition) is 4. The van der Waals surface area contributed by atoms with E-state index in [4.69, 9.17) is 10.4 Å². The Balaban J connectivity index is 1.60. The number of benzene rings is 2. The van der Waals surface area contributed by atoms with Crippen LogP contribution in [0, 0.1) is 25.2 Å².